The van der Waals surface area contributed by atoms with Crippen molar-refractivity contribution in [3.63, 3.8) is 0 Å². The third-order valence-corrected chi connectivity index (χ3v) is 3.00. The Balaban J connectivity index is 2.05. The minimum atomic E-state index is -0.179. The number of methoxy groups -OCH3 is 1. The molecule has 0 radical (unpaired) electrons. The molecule has 2 nitrogen and oxygen atoms in total. The van der Waals surface area contributed by atoms with E-state index in [9.17, 15) is 5.11 Å². The highest BCUT2D eigenvalue weighted by molar-refractivity contribution is 5.32. The maximum absolute atomic E-state index is 9.40. The van der Waals surface area contributed by atoms with Crippen LogP contribution in [0, 0.1) is 5.92 Å². The predicted octanol–water partition coefficient (Wildman–Crippen LogP) is 2.18. The average molecular weight is 192 g/mol. The van der Waals surface area contributed by atoms with Crippen molar-refractivity contribution in [3.8, 4) is 5.75 Å². The second-order valence-electron chi connectivity index (χ2n) is 4.02. The van der Waals surface area contributed by atoms with Gasteiger partial charge in [-0.2, -0.15) is 0 Å². The van der Waals surface area contributed by atoms with Crippen LogP contribution < -0.4 is 4.74 Å². The van der Waals surface area contributed by atoms with Gasteiger partial charge >= 0.3 is 0 Å². The summed E-state index contributed by atoms with van der Waals surface area (Å²) in [6, 6.07) is 8.14. The molecule has 0 aromatic heterocycles. The highest BCUT2D eigenvalue weighted by Crippen LogP contribution is 2.49. The SMILES string of the molecule is COc1ccc([C@H]2C[C@@H]2[C@@H](C)O)cc1. The Kier molecular flexibility index (Phi) is 2.46. The highest BCUT2D eigenvalue weighted by Gasteiger charge is 2.41. The first-order chi connectivity index (χ1) is 6.72. The quantitative estimate of drug-likeness (QED) is 0.795. The van der Waals surface area contributed by atoms with Crippen LogP contribution in [-0.2, 0) is 0 Å². The summed E-state index contributed by atoms with van der Waals surface area (Å²) in [4.78, 5) is 0. The Bertz CT molecular complexity index is 303. The van der Waals surface area contributed by atoms with Crippen molar-refractivity contribution < 1.29 is 9.84 Å². The van der Waals surface area contributed by atoms with Crippen LogP contribution in [0.25, 0.3) is 0 Å². The zero-order valence-electron chi connectivity index (χ0n) is 8.60. The predicted molar refractivity (Wildman–Crippen MR) is 55.5 cm³/mol. The molecular weight excluding hydrogens is 176 g/mol. The standard InChI is InChI=1S/C12H16O2/c1-8(13)11-7-12(11)9-3-5-10(14-2)6-4-9/h3-6,8,11-13H,7H2,1-2H3/t8-,11-,12-/m1/s1. The normalized spacial score (nSPS) is 27.1. The van der Waals surface area contributed by atoms with Crippen molar-refractivity contribution in [2.75, 3.05) is 7.11 Å². The van der Waals surface area contributed by atoms with Crippen LogP contribution in [0.4, 0.5) is 0 Å². The number of rotatable bonds is 3. The first-order valence-corrected chi connectivity index (χ1v) is 5.04. The van der Waals surface area contributed by atoms with Gasteiger partial charge in [-0.25, -0.2) is 0 Å². The molecule has 1 aliphatic carbocycles. The summed E-state index contributed by atoms with van der Waals surface area (Å²) in [6.45, 7) is 1.87. The van der Waals surface area contributed by atoms with Gasteiger partial charge in [-0.05, 0) is 42.9 Å². The molecule has 0 amide bonds. The van der Waals surface area contributed by atoms with E-state index in [1.165, 1.54) is 5.56 Å². The largest absolute Gasteiger partial charge is 0.497 e. The Morgan fingerprint density at radius 2 is 2.00 bits per heavy atom. The Hall–Kier alpha value is -1.02. The van der Waals surface area contributed by atoms with E-state index in [-0.39, 0.29) is 6.10 Å². The Morgan fingerprint density at radius 3 is 2.43 bits per heavy atom. The molecule has 1 aromatic carbocycles. The molecule has 14 heavy (non-hydrogen) atoms. The van der Waals surface area contributed by atoms with Crippen LogP contribution in [0.15, 0.2) is 24.3 Å². The van der Waals surface area contributed by atoms with Crippen LogP contribution in [-0.4, -0.2) is 18.3 Å². The molecule has 1 fully saturated rings. The summed E-state index contributed by atoms with van der Waals surface area (Å²) in [5.74, 6) is 1.91. The van der Waals surface area contributed by atoms with E-state index in [2.05, 4.69) is 12.1 Å². The fraction of sp³-hybridized carbons (Fsp3) is 0.500. The molecule has 0 spiro atoms. The van der Waals surface area contributed by atoms with E-state index in [0.29, 0.717) is 11.8 Å². The monoisotopic (exact) mass is 192 g/mol. The van der Waals surface area contributed by atoms with Crippen LogP contribution in [0.1, 0.15) is 24.8 Å². The fourth-order valence-electron chi connectivity index (χ4n) is 1.98. The van der Waals surface area contributed by atoms with E-state index < -0.39 is 0 Å². The van der Waals surface area contributed by atoms with Crippen LogP contribution in [0.2, 0.25) is 0 Å². The number of aliphatic hydroxyl groups is 1. The van der Waals surface area contributed by atoms with E-state index in [0.717, 1.165) is 12.2 Å². The van der Waals surface area contributed by atoms with Crippen molar-refractivity contribution in [1.29, 1.82) is 0 Å². The smallest absolute Gasteiger partial charge is 0.118 e. The number of hydrogen-bond acceptors (Lipinski definition) is 2. The molecule has 76 valence electrons. The van der Waals surface area contributed by atoms with Crippen molar-refractivity contribution >= 4 is 0 Å². The zero-order chi connectivity index (χ0) is 10.1. The number of hydrogen-bond donors (Lipinski definition) is 1. The average Bonchev–Trinajstić information content (AvgIpc) is 2.97. The molecule has 0 unspecified atom stereocenters. The maximum atomic E-state index is 9.40. The summed E-state index contributed by atoms with van der Waals surface area (Å²) < 4.78 is 5.09. The Labute approximate surface area is 84.5 Å². The van der Waals surface area contributed by atoms with Crippen molar-refractivity contribution in [1.82, 2.24) is 0 Å². The van der Waals surface area contributed by atoms with Crippen LogP contribution in [0.5, 0.6) is 5.75 Å². The number of ether oxygens (including phenoxy) is 1. The number of aliphatic hydroxyl groups excluding tert-OH is 1. The van der Waals surface area contributed by atoms with Gasteiger partial charge in [0, 0.05) is 0 Å². The van der Waals surface area contributed by atoms with Gasteiger partial charge < -0.3 is 9.84 Å². The zero-order valence-corrected chi connectivity index (χ0v) is 8.60. The lowest BCUT2D eigenvalue weighted by Crippen LogP contribution is -2.03. The van der Waals surface area contributed by atoms with E-state index in [4.69, 9.17) is 4.74 Å². The molecule has 0 bridgehead atoms. The molecule has 0 aliphatic heterocycles. The van der Waals surface area contributed by atoms with Crippen molar-refractivity contribution in [3.05, 3.63) is 29.8 Å². The maximum Gasteiger partial charge on any atom is 0.118 e. The van der Waals surface area contributed by atoms with Gasteiger partial charge in [-0.3, -0.25) is 0 Å². The lowest BCUT2D eigenvalue weighted by Gasteiger charge is -2.04. The molecule has 0 heterocycles. The first-order valence-electron chi connectivity index (χ1n) is 5.04. The molecule has 1 aromatic rings. The molecule has 0 saturated heterocycles. The molecule has 2 rings (SSSR count). The van der Waals surface area contributed by atoms with Crippen LogP contribution >= 0.6 is 0 Å². The molecule has 2 heteroatoms. The molecular formula is C12H16O2. The third-order valence-electron chi connectivity index (χ3n) is 3.00. The summed E-state index contributed by atoms with van der Waals surface area (Å²) in [5.41, 5.74) is 1.32. The van der Waals surface area contributed by atoms with Gasteiger partial charge in [0.05, 0.1) is 13.2 Å². The topological polar surface area (TPSA) is 29.5 Å². The minimum Gasteiger partial charge on any atom is -0.497 e. The summed E-state index contributed by atoms with van der Waals surface area (Å²) >= 11 is 0. The summed E-state index contributed by atoms with van der Waals surface area (Å²) in [7, 11) is 1.67. The molecule has 1 aliphatic rings. The second kappa shape index (κ2) is 3.62. The van der Waals surface area contributed by atoms with Gasteiger partial charge in [0.1, 0.15) is 5.75 Å². The summed E-state index contributed by atoms with van der Waals surface area (Å²) in [6.07, 6.45) is 0.936. The van der Waals surface area contributed by atoms with E-state index >= 15 is 0 Å². The van der Waals surface area contributed by atoms with Crippen LogP contribution in [0.3, 0.4) is 0 Å². The molecule has 1 N–H and O–H groups in total. The van der Waals surface area contributed by atoms with Crippen molar-refractivity contribution in [2.45, 2.75) is 25.4 Å². The van der Waals surface area contributed by atoms with Crippen molar-refractivity contribution in [2.24, 2.45) is 5.92 Å². The van der Waals surface area contributed by atoms with Gasteiger partial charge in [0.2, 0.25) is 0 Å². The minimum absolute atomic E-state index is 0.179. The van der Waals surface area contributed by atoms with E-state index in [1.54, 1.807) is 7.11 Å². The second-order valence-corrected chi connectivity index (χ2v) is 4.02. The molecule has 1 saturated carbocycles. The Morgan fingerprint density at radius 1 is 1.36 bits per heavy atom. The van der Waals surface area contributed by atoms with Gasteiger partial charge in [0.25, 0.3) is 0 Å². The summed E-state index contributed by atoms with van der Waals surface area (Å²) in [5, 5.41) is 9.40. The lowest BCUT2D eigenvalue weighted by molar-refractivity contribution is 0.169. The van der Waals surface area contributed by atoms with Gasteiger partial charge in [-0.1, -0.05) is 12.1 Å². The van der Waals surface area contributed by atoms with E-state index in [1.807, 2.05) is 19.1 Å². The first kappa shape index (κ1) is 9.53. The van der Waals surface area contributed by atoms with Gasteiger partial charge in [-0.15, -0.1) is 0 Å². The lowest BCUT2D eigenvalue weighted by atomic mass is 10.1. The number of benzene rings is 1. The third kappa shape index (κ3) is 1.75. The molecule has 3 atom stereocenters. The van der Waals surface area contributed by atoms with Gasteiger partial charge in [0.15, 0.2) is 0 Å². The highest BCUT2D eigenvalue weighted by atomic mass is 16.5. The fourth-order valence-corrected chi connectivity index (χ4v) is 1.98.